The highest BCUT2D eigenvalue weighted by Gasteiger charge is 2.28. The van der Waals surface area contributed by atoms with Gasteiger partial charge in [0.15, 0.2) is 12.4 Å². The molecule has 2 aliphatic rings. The van der Waals surface area contributed by atoms with Crippen molar-refractivity contribution in [1.82, 2.24) is 0 Å². The number of piperidine rings is 1. The van der Waals surface area contributed by atoms with Crippen molar-refractivity contribution in [1.29, 1.82) is 5.26 Å². The van der Waals surface area contributed by atoms with E-state index in [1.165, 1.54) is 31.2 Å². The Labute approximate surface area is 182 Å². The van der Waals surface area contributed by atoms with Crippen LogP contribution in [0, 0.1) is 11.3 Å². The second-order valence-electron chi connectivity index (χ2n) is 8.29. The Bertz CT molecular complexity index is 1090. The minimum Gasteiger partial charge on any atom is -0.457 e. The molecular weight excluding hydrogens is 392 g/mol. The third-order valence-electron chi connectivity index (χ3n) is 5.42. The van der Waals surface area contributed by atoms with Crippen LogP contribution in [0.5, 0.6) is 0 Å². The van der Waals surface area contributed by atoms with Gasteiger partial charge in [-0.1, -0.05) is 18.2 Å². The number of benzene rings is 2. The van der Waals surface area contributed by atoms with E-state index in [0.29, 0.717) is 5.76 Å². The van der Waals surface area contributed by atoms with Crippen LogP contribution in [0.25, 0.3) is 16.8 Å². The molecule has 4 rings (SSSR count). The molecule has 0 spiro atoms. The summed E-state index contributed by atoms with van der Waals surface area (Å²) < 4.78 is 16.0. The lowest BCUT2D eigenvalue weighted by molar-refractivity contribution is -0.143. The van der Waals surface area contributed by atoms with E-state index in [4.69, 9.17) is 14.2 Å². The standard InChI is InChI=1S/C25H26N2O4/c1-25(2)30-17-23(31-25)16-29-24(28)21(15-26)13-18-6-7-20-14-22(9-8-19(20)12-18)27-10-4-3-5-11-27/h6-9,12-14,17H,3-5,10-11,16H2,1-2H3/b21-13+. The largest absolute Gasteiger partial charge is 0.457 e. The van der Waals surface area contributed by atoms with Gasteiger partial charge in [0.1, 0.15) is 17.9 Å². The van der Waals surface area contributed by atoms with Gasteiger partial charge in [0.2, 0.25) is 5.79 Å². The van der Waals surface area contributed by atoms with Gasteiger partial charge >= 0.3 is 5.97 Å². The second kappa shape index (κ2) is 8.73. The molecule has 0 radical (unpaired) electrons. The molecule has 2 aromatic carbocycles. The van der Waals surface area contributed by atoms with Crippen LogP contribution in [-0.2, 0) is 19.0 Å². The highest BCUT2D eigenvalue weighted by Crippen LogP contribution is 2.27. The monoisotopic (exact) mass is 418 g/mol. The van der Waals surface area contributed by atoms with Crippen molar-refractivity contribution in [2.45, 2.75) is 38.9 Å². The molecule has 0 aromatic heterocycles. The summed E-state index contributed by atoms with van der Waals surface area (Å²) in [6.07, 6.45) is 6.75. The minimum absolute atomic E-state index is 0.0666. The molecular formula is C25H26N2O4. The molecule has 0 unspecified atom stereocenters. The third-order valence-corrected chi connectivity index (χ3v) is 5.42. The van der Waals surface area contributed by atoms with E-state index < -0.39 is 11.8 Å². The van der Waals surface area contributed by atoms with Crippen LogP contribution in [0.2, 0.25) is 0 Å². The zero-order valence-corrected chi connectivity index (χ0v) is 17.9. The van der Waals surface area contributed by atoms with Gasteiger partial charge in [-0.3, -0.25) is 0 Å². The molecule has 6 heteroatoms. The van der Waals surface area contributed by atoms with Gasteiger partial charge in [0.05, 0.1) is 0 Å². The maximum absolute atomic E-state index is 12.3. The van der Waals surface area contributed by atoms with Gasteiger partial charge in [-0.15, -0.1) is 0 Å². The summed E-state index contributed by atoms with van der Waals surface area (Å²) in [4.78, 5) is 14.8. The van der Waals surface area contributed by atoms with E-state index in [1.54, 1.807) is 19.9 Å². The average molecular weight is 418 g/mol. The molecule has 2 aromatic rings. The molecule has 0 saturated carbocycles. The summed E-state index contributed by atoms with van der Waals surface area (Å²) in [5.74, 6) is -1.06. The molecule has 0 bridgehead atoms. The van der Waals surface area contributed by atoms with Crippen molar-refractivity contribution < 1.29 is 19.0 Å². The highest BCUT2D eigenvalue weighted by molar-refractivity contribution is 5.98. The summed E-state index contributed by atoms with van der Waals surface area (Å²) >= 11 is 0. The van der Waals surface area contributed by atoms with Crippen LogP contribution in [0.3, 0.4) is 0 Å². The first kappa shape index (κ1) is 20.8. The van der Waals surface area contributed by atoms with Crippen molar-refractivity contribution in [3.8, 4) is 6.07 Å². The normalized spacial score (nSPS) is 18.0. The number of nitriles is 1. The Morgan fingerprint density at radius 1 is 1.16 bits per heavy atom. The molecule has 2 aliphatic heterocycles. The van der Waals surface area contributed by atoms with E-state index >= 15 is 0 Å². The number of hydrogen-bond donors (Lipinski definition) is 0. The minimum atomic E-state index is -0.769. The lowest BCUT2D eigenvalue weighted by atomic mass is 10.0. The average Bonchev–Trinajstić information content (AvgIpc) is 3.14. The van der Waals surface area contributed by atoms with Gasteiger partial charge in [-0.25, -0.2) is 4.79 Å². The van der Waals surface area contributed by atoms with Crippen LogP contribution >= 0.6 is 0 Å². The Hall–Kier alpha value is -3.46. The van der Waals surface area contributed by atoms with Crippen molar-refractivity contribution in [2.24, 2.45) is 0 Å². The summed E-state index contributed by atoms with van der Waals surface area (Å²) in [5.41, 5.74) is 1.95. The topological polar surface area (TPSA) is 71.8 Å². The summed E-state index contributed by atoms with van der Waals surface area (Å²) in [6, 6.07) is 14.3. The van der Waals surface area contributed by atoms with Gasteiger partial charge < -0.3 is 19.1 Å². The summed E-state index contributed by atoms with van der Waals surface area (Å²) in [6.45, 7) is 5.64. The Balaban J connectivity index is 1.46. The maximum atomic E-state index is 12.3. The fourth-order valence-corrected chi connectivity index (χ4v) is 3.84. The number of fused-ring (bicyclic) bond motifs is 1. The van der Waals surface area contributed by atoms with Crippen molar-refractivity contribution in [3.63, 3.8) is 0 Å². The number of hydrogen-bond acceptors (Lipinski definition) is 6. The first-order valence-electron chi connectivity index (χ1n) is 10.6. The van der Waals surface area contributed by atoms with E-state index in [-0.39, 0.29) is 12.2 Å². The molecule has 1 fully saturated rings. The number of rotatable bonds is 5. The fraction of sp³-hybridized carbons (Fsp3) is 0.360. The third kappa shape index (κ3) is 5.00. The van der Waals surface area contributed by atoms with Crippen LogP contribution in [-0.4, -0.2) is 31.5 Å². The molecule has 0 N–H and O–H groups in total. The van der Waals surface area contributed by atoms with Crippen molar-refractivity contribution >= 4 is 28.5 Å². The quantitative estimate of drug-likeness (QED) is 0.391. The van der Waals surface area contributed by atoms with Crippen LogP contribution in [0.1, 0.15) is 38.7 Å². The zero-order valence-electron chi connectivity index (χ0n) is 17.9. The highest BCUT2D eigenvalue weighted by atomic mass is 16.7. The zero-order chi connectivity index (χ0) is 21.8. The van der Waals surface area contributed by atoms with E-state index in [0.717, 1.165) is 29.4 Å². The van der Waals surface area contributed by atoms with E-state index in [9.17, 15) is 10.1 Å². The van der Waals surface area contributed by atoms with E-state index in [2.05, 4.69) is 23.1 Å². The number of carbonyl (C=O) groups is 1. The van der Waals surface area contributed by atoms with E-state index in [1.807, 2.05) is 24.3 Å². The van der Waals surface area contributed by atoms with Crippen molar-refractivity contribution in [2.75, 3.05) is 24.6 Å². The SMILES string of the molecule is CC1(C)OC=C(COC(=O)/C(C#N)=C/c2ccc3cc(N4CCCCC4)ccc3c2)O1. The maximum Gasteiger partial charge on any atom is 0.349 e. The van der Waals surface area contributed by atoms with Gasteiger partial charge in [0, 0.05) is 32.6 Å². The first-order valence-corrected chi connectivity index (χ1v) is 10.6. The molecule has 2 heterocycles. The Morgan fingerprint density at radius 2 is 1.90 bits per heavy atom. The first-order chi connectivity index (χ1) is 14.9. The summed E-state index contributed by atoms with van der Waals surface area (Å²) in [5, 5.41) is 11.6. The molecule has 0 amide bonds. The molecule has 0 atom stereocenters. The van der Waals surface area contributed by atoms with Crippen LogP contribution < -0.4 is 4.90 Å². The Morgan fingerprint density at radius 3 is 2.61 bits per heavy atom. The van der Waals surface area contributed by atoms with Gasteiger partial charge in [-0.2, -0.15) is 5.26 Å². The molecule has 6 nitrogen and oxygen atoms in total. The lowest BCUT2D eigenvalue weighted by Gasteiger charge is -2.29. The predicted molar refractivity (Wildman–Crippen MR) is 119 cm³/mol. The van der Waals surface area contributed by atoms with Gasteiger partial charge in [-0.05, 0) is 59.9 Å². The van der Waals surface area contributed by atoms with Crippen LogP contribution in [0.15, 0.2) is 54.0 Å². The Kier molecular flexibility index (Phi) is 5.85. The van der Waals surface area contributed by atoms with Crippen molar-refractivity contribution in [3.05, 3.63) is 59.6 Å². The number of ether oxygens (including phenoxy) is 3. The number of esters is 1. The molecule has 160 valence electrons. The predicted octanol–water partition coefficient (Wildman–Crippen LogP) is 4.90. The molecule has 31 heavy (non-hydrogen) atoms. The fourth-order valence-electron chi connectivity index (χ4n) is 3.84. The number of carbonyl (C=O) groups excluding carboxylic acids is 1. The lowest BCUT2D eigenvalue weighted by Crippen LogP contribution is -2.29. The number of anilines is 1. The second-order valence-corrected chi connectivity index (χ2v) is 8.29. The molecule has 0 aliphatic carbocycles. The molecule has 1 saturated heterocycles. The van der Waals surface area contributed by atoms with Gasteiger partial charge in [0.25, 0.3) is 0 Å². The summed E-state index contributed by atoms with van der Waals surface area (Å²) in [7, 11) is 0. The van der Waals surface area contributed by atoms with Crippen LogP contribution in [0.4, 0.5) is 5.69 Å². The smallest absolute Gasteiger partial charge is 0.349 e. The number of nitrogens with zero attached hydrogens (tertiary/aromatic N) is 2.